The maximum atomic E-state index is 12.5. The standard InChI is InChI=1S/C23H28O4/c1-5-20(26-21(24)18-13-9-7-10-14-18)17(3)23(4,6-2)27-22(25)19-15-11-8-12-16-19/h7-17,20H,5-6H2,1-4H3. The molecular weight excluding hydrogens is 340 g/mol. The Morgan fingerprint density at radius 2 is 1.37 bits per heavy atom. The van der Waals surface area contributed by atoms with Crippen molar-refractivity contribution >= 4 is 11.9 Å². The van der Waals surface area contributed by atoms with E-state index < -0.39 is 5.60 Å². The molecule has 4 heteroatoms. The second-order valence-electron chi connectivity index (χ2n) is 6.93. The molecule has 0 heterocycles. The zero-order valence-corrected chi connectivity index (χ0v) is 16.5. The Morgan fingerprint density at radius 3 is 1.81 bits per heavy atom. The third-order valence-electron chi connectivity index (χ3n) is 5.23. The van der Waals surface area contributed by atoms with E-state index in [0.29, 0.717) is 24.0 Å². The number of hydrogen-bond acceptors (Lipinski definition) is 4. The van der Waals surface area contributed by atoms with Crippen LogP contribution in [0.1, 0.15) is 61.3 Å². The van der Waals surface area contributed by atoms with Crippen LogP contribution in [0.5, 0.6) is 0 Å². The zero-order chi connectivity index (χ0) is 19.9. The lowest BCUT2D eigenvalue weighted by molar-refractivity contribution is -0.0785. The molecule has 2 aromatic rings. The molecule has 0 aliphatic carbocycles. The van der Waals surface area contributed by atoms with E-state index in [1.807, 2.05) is 39.8 Å². The Bertz CT molecular complexity index is 741. The highest BCUT2D eigenvalue weighted by Crippen LogP contribution is 2.32. The van der Waals surface area contributed by atoms with Gasteiger partial charge in [0.2, 0.25) is 0 Å². The highest BCUT2D eigenvalue weighted by molar-refractivity contribution is 5.90. The van der Waals surface area contributed by atoms with Gasteiger partial charge in [-0.15, -0.1) is 0 Å². The summed E-state index contributed by atoms with van der Waals surface area (Å²) in [6, 6.07) is 17.9. The normalized spacial score (nSPS) is 15.3. The molecule has 0 amide bonds. The Labute approximate surface area is 161 Å². The van der Waals surface area contributed by atoms with Gasteiger partial charge in [0.05, 0.1) is 11.1 Å². The molecule has 0 fully saturated rings. The minimum Gasteiger partial charge on any atom is -0.458 e. The number of esters is 2. The molecular formula is C23H28O4. The number of benzene rings is 2. The predicted octanol–water partition coefficient (Wildman–Crippen LogP) is 5.28. The second-order valence-corrected chi connectivity index (χ2v) is 6.93. The molecule has 3 atom stereocenters. The molecule has 0 N–H and O–H groups in total. The maximum absolute atomic E-state index is 12.5. The lowest BCUT2D eigenvalue weighted by atomic mass is 9.82. The van der Waals surface area contributed by atoms with Gasteiger partial charge in [-0.3, -0.25) is 0 Å². The number of carbonyl (C=O) groups is 2. The minimum absolute atomic E-state index is 0.159. The van der Waals surface area contributed by atoms with E-state index in [-0.39, 0.29) is 24.0 Å². The summed E-state index contributed by atoms with van der Waals surface area (Å²) in [5, 5.41) is 0. The first-order chi connectivity index (χ1) is 12.9. The van der Waals surface area contributed by atoms with Gasteiger partial charge in [-0.2, -0.15) is 0 Å². The van der Waals surface area contributed by atoms with E-state index >= 15 is 0 Å². The number of carbonyl (C=O) groups excluding carboxylic acids is 2. The van der Waals surface area contributed by atoms with Crippen molar-refractivity contribution in [3.8, 4) is 0 Å². The minimum atomic E-state index is -0.745. The summed E-state index contributed by atoms with van der Waals surface area (Å²) in [6.07, 6.45) is 0.899. The fourth-order valence-corrected chi connectivity index (χ4v) is 3.04. The van der Waals surface area contributed by atoms with Gasteiger partial charge in [0.15, 0.2) is 0 Å². The van der Waals surface area contributed by atoms with Gasteiger partial charge in [-0.1, -0.05) is 57.2 Å². The number of hydrogen-bond donors (Lipinski definition) is 0. The third-order valence-corrected chi connectivity index (χ3v) is 5.23. The largest absolute Gasteiger partial charge is 0.458 e. The van der Waals surface area contributed by atoms with Crippen LogP contribution in [-0.2, 0) is 9.47 Å². The molecule has 2 aromatic carbocycles. The maximum Gasteiger partial charge on any atom is 0.338 e. The summed E-state index contributed by atoms with van der Waals surface area (Å²) in [5.74, 6) is -0.883. The monoisotopic (exact) mass is 368 g/mol. The Kier molecular flexibility index (Phi) is 7.17. The first-order valence-electron chi connectivity index (χ1n) is 9.45. The molecule has 3 unspecified atom stereocenters. The van der Waals surface area contributed by atoms with Gasteiger partial charge in [0.25, 0.3) is 0 Å². The van der Waals surface area contributed by atoms with Crippen molar-refractivity contribution in [3.05, 3.63) is 71.8 Å². The first kappa shape index (κ1) is 20.7. The lowest BCUT2D eigenvalue weighted by Gasteiger charge is -2.38. The van der Waals surface area contributed by atoms with Crippen LogP contribution in [-0.4, -0.2) is 23.6 Å². The Balaban J connectivity index is 2.13. The van der Waals surface area contributed by atoms with Crippen LogP contribution in [0.2, 0.25) is 0 Å². The lowest BCUT2D eigenvalue weighted by Crippen LogP contribution is -2.45. The Morgan fingerprint density at radius 1 is 0.889 bits per heavy atom. The van der Waals surface area contributed by atoms with E-state index in [2.05, 4.69) is 0 Å². The van der Waals surface area contributed by atoms with Gasteiger partial charge in [0.1, 0.15) is 11.7 Å². The van der Waals surface area contributed by atoms with E-state index in [4.69, 9.17) is 9.47 Å². The summed E-state index contributed by atoms with van der Waals surface area (Å²) >= 11 is 0. The van der Waals surface area contributed by atoms with Crippen molar-refractivity contribution in [2.24, 2.45) is 5.92 Å². The second kappa shape index (κ2) is 9.36. The summed E-state index contributed by atoms with van der Waals surface area (Å²) in [7, 11) is 0. The fourth-order valence-electron chi connectivity index (χ4n) is 3.04. The molecule has 2 rings (SSSR count). The average molecular weight is 368 g/mol. The highest BCUT2D eigenvalue weighted by Gasteiger charge is 2.39. The van der Waals surface area contributed by atoms with Gasteiger partial charge in [0, 0.05) is 5.92 Å². The number of ether oxygens (including phenoxy) is 2. The van der Waals surface area contributed by atoms with Crippen molar-refractivity contribution in [1.29, 1.82) is 0 Å². The Hall–Kier alpha value is -2.62. The van der Waals surface area contributed by atoms with Crippen LogP contribution in [0.25, 0.3) is 0 Å². The van der Waals surface area contributed by atoms with Crippen molar-refractivity contribution in [1.82, 2.24) is 0 Å². The van der Waals surface area contributed by atoms with Gasteiger partial charge < -0.3 is 9.47 Å². The predicted molar refractivity (Wildman–Crippen MR) is 106 cm³/mol. The highest BCUT2D eigenvalue weighted by atomic mass is 16.6. The molecule has 0 spiro atoms. The molecule has 144 valence electrons. The quantitative estimate of drug-likeness (QED) is 0.595. The summed E-state index contributed by atoms with van der Waals surface area (Å²) in [6.45, 7) is 7.81. The van der Waals surface area contributed by atoms with Crippen molar-refractivity contribution in [3.63, 3.8) is 0 Å². The smallest absolute Gasteiger partial charge is 0.338 e. The van der Waals surface area contributed by atoms with Gasteiger partial charge in [-0.05, 0) is 44.0 Å². The van der Waals surface area contributed by atoms with Crippen LogP contribution in [0, 0.1) is 5.92 Å². The molecule has 0 aromatic heterocycles. The average Bonchev–Trinajstić information content (AvgIpc) is 2.72. The summed E-state index contributed by atoms with van der Waals surface area (Å²) in [5.41, 5.74) is 0.284. The van der Waals surface area contributed by atoms with Crippen molar-refractivity contribution in [2.45, 2.75) is 52.2 Å². The molecule has 0 radical (unpaired) electrons. The molecule has 0 saturated carbocycles. The fraction of sp³-hybridized carbons (Fsp3) is 0.391. The molecule has 0 saturated heterocycles. The van der Waals surface area contributed by atoms with Crippen LogP contribution in [0.15, 0.2) is 60.7 Å². The van der Waals surface area contributed by atoms with E-state index in [9.17, 15) is 9.59 Å². The molecule has 4 nitrogen and oxygen atoms in total. The first-order valence-corrected chi connectivity index (χ1v) is 9.45. The SMILES string of the molecule is CCC(OC(=O)c1ccccc1)C(C)C(C)(CC)OC(=O)c1ccccc1. The molecule has 27 heavy (non-hydrogen) atoms. The zero-order valence-electron chi connectivity index (χ0n) is 16.5. The molecule has 0 bridgehead atoms. The van der Waals surface area contributed by atoms with E-state index in [1.165, 1.54) is 0 Å². The van der Waals surface area contributed by atoms with E-state index in [1.54, 1.807) is 48.5 Å². The third kappa shape index (κ3) is 5.19. The van der Waals surface area contributed by atoms with Gasteiger partial charge in [-0.25, -0.2) is 9.59 Å². The van der Waals surface area contributed by atoms with E-state index in [0.717, 1.165) is 0 Å². The van der Waals surface area contributed by atoms with Crippen LogP contribution < -0.4 is 0 Å². The number of rotatable bonds is 8. The van der Waals surface area contributed by atoms with Gasteiger partial charge >= 0.3 is 11.9 Å². The summed E-state index contributed by atoms with van der Waals surface area (Å²) < 4.78 is 11.6. The molecule has 0 aliphatic rings. The summed E-state index contributed by atoms with van der Waals surface area (Å²) in [4.78, 5) is 25.0. The topological polar surface area (TPSA) is 52.6 Å². The van der Waals surface area contributed by atoms with Crippen molar-refractivity contribution < 1.29 is 19.1 Å². The van der Waals surface area contributed by atoms with Crippen LogP contribution in [0.3, 0.4) is 0 Å². The van der Waals surface area contributed by atoms with Crippen LogP contribution >= 0.6 is 0 Å². The molecule has 0 aliphatic heterocycles. The van der Waals surface area contributed by atoms with Crippen LogP contribution in [0.4, 0.5) is 0 Å². The van der Waals surface area contributed by atoms with Crippen molar-refractivity contribution in [2.75, 3.05) is 0 Å².